The Morgan fingerprint density at radius 2 is 1.47 bits per heavy atom. The molecule has 1 N–H and O–H groups in total. The van der Waals surface area contributed by atoms with Crippen molar-refractivity contribution in [1.29, 1.82) is 0 Å². The van der Waals surface area contributed by atoms with Gasteiger partial charge in [0.1, 0.15) is 0 Å². The highest BCUT2D eigenvalue weighted by atomic mass is 16.2. The normalized spacial score (nSPS) is 11.2. The van der Waals surface area contributed by atoms with Crippen LogP contribution in [0.5, 0.6) is 0 Å². The maximum absolute atomic E-state index is 10.7. The lowest BCUT2D eigenvalue weighted by molar-refractivity contribution is -0.103. The summed E-state index contributed by atoms with van der Waals surface area (Å²) in [6, 6.07) is 17.5. The van der Waals surface area contributed by atoms with Gasteiger partial charge in [0.15, 0.2) is 6.29 Å². The Bertz CT molecular complexity index is 525. The maximum Gasteiger partial charge on any atom is 0.153 e. The van der Waals surface area contributed by atoms with Crippen LogP contribution in [-0.4, -0.2) is 11.4 Å². The van der Waals surface area contributed by atoms with Crippen LogP contribution < -0.4 is 0 Å². The van der Waals surface area contributed by atoms with E-state index in [9.17, 15) is 4.79 Å². The minimum Gasteiger partial charge on any atom is -0.515 e. The molecule has 0 amide bonds. The first-order valence-electron chi connectivity index (χ1n) is 5.30. The molecule has 2 rings (SSSR count). The van der Waals surface area contributed by atoms with Gasteiger partial charge in [0, 0.05) is 0 Å². The van der Waals surface area contributed by atoms with Crippen molar-refractivity contribution in [3.63, 3.8) is 0 Å². The fourth-order valence-corrected chi connectivity index (χ4v) is 1.66. The summed E-state index contributed by atoms with van der Waals surface area (Å²) in [6.45, 7) is 0. The van der Waals surface area contributed by atoms with Crippen molar-refractivity contribution in [3.8, 4) is 11.1 Å². The molecular formula is C15H12O2. The molecule has 0 radical (unpaired) electrons. The molecule has 0 spiro atoms. The van der Waals surface area contributed by atoms with E-state index in [-0.39, 0.29) is 5.57 Å². The highest BCUT2D eigenvalue weighted by Gasteiger charge is 2.01. The molecule has 0 aromatic heterocycles. The number of aldehydes is 1. The molecule has 0 saturated carbocycles. The summed E-state index contributed by atoms with van der Waals surface area (Å²) in [7, 11) is 0. The number of hydrogen-bond donors (Lipinski definition) is 1. The summed E-state index contributed by atoms with van der Waals surface area (Å²) >= 11 is 0. The zero-order valence-electron chi connectivity index (χ0n) is 9.21. The molecule has 84 valence electrons. The second-order valence-corrected chi connectivity index (χ2v) is 3.65. The summed E-state index contributed by atoms with van der Waals surface area (Å²) < 4.78 is 0. The first-order valence-corrected chi connectivity index (χ1v) is 5.30. The monoisotopic (exact) mass is 224 g/mol. The Hall–Kier alpha value is -2.35. The zero-order chi connectivity index (χ0) is 12.1. The van der Waals surface area contributed by atoms with Crippen LogP contribution in [0.3, 0.4) is 0 Å². The third-order valence-electron chi connectivity index (χ3n) is 2.59. The van der Waals surface area contributed by atoms with Gasteiger partial charge >= 0.3 is 0 Å². The Morgan fingerprint density at radius 3 is 2.00 bits per heavy atom. The third kappa shape index (κ3) is 2.42. The summed E-state index contributed by atoms with van der Waals surface area (Å²) in [6.07, 6.45) is 1.46. The van der Waals surface area contributed by atoms with Crippen molar-refractivity contribution in [3.05, 3.63) is 66.4 Å². The number of hydrogen-bond acceptors (Lipinski definition) is 2. The summed E-state index contributed by atoms with van der Waals surface area (Å²) in [5.74, 6) is 0. The Balaban J connectivity index is 2.34. The van der Waals surface area contributed by atoms with Gasteiger partial charge in [-0.1, -0.05) is 54.6 Å². The van der Waals surface area contributed by atoms with Gasteiger partial charge in [-0.25, -0.2) is 0 Å². The maximum atomic E-state index is 10.7. The van der Waals surface area contributed by atoms with Gasteiger partial charge in [-0.05, 0) is 16.7 Å². The predicted octanol–water partition coefficient (Wildman–Crippen LogP) is 3.45. The predicted molar refractivity (Wildman–Crippen MR) is 68.5 cm³/mol. The standard InChI is InChI=1S/C15H12O2/c16-10-15(11-17)14-8-6-13(7-9-14)12-4-2-1-3-5-12/h1-11,16H. The van der Waals surface area contributed by atoms with Crippen LogP contribution in [0.25, 0.3) is 16.7 Å². The number of aliphatic hydroxyl groups excluding tert-OH is 1. The van der Waals surface area contributed by atoms with Crippen LogP contribution in [-0.2, 0) is 4.79 Å². The van der Waals surface area contributed by atoms with Gasteiger partial charge in [-0.2, -0.15) is 0 Å². The molecule has 0 atom stereocenters. The Labute approximate surface area is 99.8 Å². The molecule has 2 aromatic carbocycles. The van der Waals surface area contributed by atoms with Crippen molar-refractivity contribution in [2.75, 3.05) is 0 Å². The number of carbonyl (C=O) groups excluding carboxylic acids is 1. The van der Waals surface area contributed by atoms with Gasteiger partial charge in [-0.15, -0.1) is 0 Å². The van der Waals surface area contributed by atoms with E-state index in [1.807, 2.05) is 54.6 Å². The number of benzene rings is 2. The summed E-state index contributed by atoms with van der Waals surface area (Å²) in [4.78, 5) is 10.7. The van der Waals surface area contributed by atoms with Crippen LogP contribution in [0.4, 0.5) is 0 Å². The first kappa shape index (κ1) is 11.1. The molecule has 17 heavy (non-hydrogen) atoms. The molecule has 0 bridgehead atoms. The van der Waals surface area contributed by atoms with Gasteiger partial charge in [0.25, 0.3) is 0 Å². The number of carbonyl (C=O) groups is 1. The van der Waals surface area contributed by atoms with Crippen LogP contribution in [0.2, 0.25) is 0 Å². The third-order valence-corrected chi connectivity index (χ3v) is 2.59. The van der Waals surface area contributed by atoms with Crippen LogP contribution in [0.15, 0.2) is 60.9 Å². The molecule has 0 heterocycles. The zero-order valence-corrected chi connectivity index (χ0v) is 9.21. The highest BCUT2D eigenvalue weighted by molar-refractivity contribution is 6.06. The highest BCUT2D eigenvalue weighted by Crippen LogP contribution is 2.21. The molecule has 2 heteroatoms. The SMILES string of the molecule is O=CC(=CO)c1ccc(-c2ccccc2)cc1. The van der Waals surface area contributed by atoms with Gasteiger partial charge in [0.2, 0.25) is 0 Å². The molecule has 2 aromatic rings. The minimum atomic E-state index is 0.282. The smallest absolute Gasteiger partial charge is 0.153 e. The van der Waals surface area contributed by atoms with Crippen molar-refractivity contribution in [1.82, 2.24) is 0 Å². The van der Waals surface area contributed by atoms with E-state index in [2.05, 4.69) is 0 Å². The van der Waals surface area contributed by atoms with E-state index in [0.717, 1.165) is 17.4 Å². The van der Waals surface area contributed by atoms with E-state index in [1.54, 1.807) is 0 Å². The van der Waals surface area contributed by atoms with E-state index >= 15 is 0 Å². The van der Waals surface area contributed by atoms with Gasteiger partial charge in [0.05, 0.1) is 11.8 Å². The fraction of sp³-hybridized carbons (Fsp3) is 0. The molecule has 0 aliphatic heterocycles. The van der Waals surface area contributed by atoms with Crippen LogP contribution in [0.1, 0.15) is 5.56 Å². The molecule has 2 nitrogen and oxygen atoms in total. The molecule has 0 unspecified atom stereocenters. The average Bonchev–Trinajstić information content (AvgIpc) is 2.42. The topological polar surface area (TPSA) is 37.3 Å². The Morgan fingerprint density at radius 1 is 0.882 bits per heavy atom. The molecule has 0 aliphatic rings. The molecular weight excluding hydrogens is 212 g/mol. The van der Waals surface area contributed by atoms with E-state index in [1.165, 1.54) is 0 Å². The average molecular weight is 224 g/mol. The second-order valence-electron chi connectivity index (χ2n) is 3.65. The van der Waals surface area contributed by atoms with Gasteiger partial charge in [-0.3, -0.25) is 4.79 Å². The van der Waals surface area contributed by atoms with Crippen molar-refractivity contribution >= 4 is 11.9 Å². The largest absolute Gasteiger partial charge is 0.515 e. The van der Waals surface area contributed by atoms with Crippen molar-refractivity contribution in [2.24, 2.45) is 0 Å². The number of allylic oxidation sites excluding steroid dienone is 1. The first-order chi connectivity index (χ1) is 8.35. The summed E-state index contributed by atoms with van der Waals surface area (Å²) in [5.41, 5.74) is 3.20. The lowest BCUT2D eigenvalue weighted by Gasteiger charge is -2.03. The molecule has 0 fully saturated rings. The molecule has 0 saturated heterocycles. The molecule has 0 aliphatic carbocycles. The van der Waals surface area contributed by atoms with Crippen molar-refractivity contribution in [2.45, 2.75) is 0 Å². The number of aliphatic hydroxyl groups is 1. The Kier molecular flexibility index (Phi) is 3.36. The number of rotatable bonds is 3. The van der Waals surface area contributed by atoms with Crippen LogP contribution >= 0.6 is 0 Å². The minimum absolute atomic E-state index is 0.282. The fourth-order valence-electron chi connectivity index (χ4n) is 1.66. The van der Waals surface area contributed by atoms with E-state index < -0.39 is 0 Å². The summed E-state index contributed by atoms with van der Waals surface area (Å²) in [5, 5.41) is 8.87. The van der Waals surface area contributed by atoms with Crippen molar-refractivity contribution < 1.29 is 9.90 Å². The van der Waals surface area contributed by atoms with E-state index in [0.29, 0.717) is 11.8 Å². The quantitative estimate of drug-likeness (QED) is 0.492. The lowest BCUT2D eigenvalue weighted by atomic mass is 10.0. The van der Waals surface area contributed by atoms with E-state index in [4.69, 9.17) is 5.11 Å². The van der Waals surface area contributed by atoms with Crippen LogP contribution in [0, 0.1) is 0 Å². The van der Waals surface area contributed by atoms with Gasteiger partial charge < -0.3 is 5.11 Å². The lowest BCUT2D eigenvalue weighted by Crippen LogP contribution is -1.86. The second kappa shape index (κ2) is 5.12.